The number of nitrogens with zero attached hydrogens (tertiary/aromatic N) is 1. The molecule has 1 aliphatic heterocycles. The van der Waals surface area contributed by atoms with Gasteiger partial charge in [-0.3, -0.25) is 0 Å². The number of rotatable bonds is 6. The van der Waals surface area contributed by atoms with Gasteiger partial charge in [-0.05, 0) is 44.0 Å². The van der Waals surface area contributed by atoms with Crippen molar-refractivity contribution in [1.82, 2.24) is 15.8 Å². The van der Waals surface area contributed by atoms with E-state index in [2.05, 4.69) is 15.8 Å². The average Bonchev–Trinajstić information content (AvgIpc) is 3.11. The maximum absolute atomic E-state index is 13.0. The van der Waals surface area contributed by atoms with Gasteiger partial charge in [0.15, 0.2) is 5.76 Å². The fourth-order valence-electron chi connectivity index (χ4n) is 3.09. The highest BCUT2D eigenvalue weighted by atomic mass is 19.1. The van der Waals surface area contributed by atoms with E-state index in [1.54, 1.807) is 12.1 Å². The van der Waals surface area contributed by atoms with E-state index in [0.717, 1.165) is 11.3 Å². The first-order chi connectivity index (χ1) is 13.0. The van der Waals surface area contributed by atoms with Crippen LogP contribution in [0.5, 0.6) is 0 Å². The lowest BCUT2D eigenvalue weighted by atomic mass is 9.98. The average molecular weight is 377 g/mol. The summed E-state index contributed by atoms with van der Waals surface area (Å²) in [5.41, 5.74) is 1.48. The summed E-state index contributed by atoms with van der Waals surface area (Å²) in [7, 11) is 0. The number of halogens is 1. The van der Waals surface area contributed by atoms with Crippen molar-refractivity contribution in [3.8, 4) is 11.3 Å². The van der Waals surface area contributed by atoms with Crippen LogP contribution < -0.4 is 10.6 Å². The summed E-state index contributed by atoms with van der Waals surface area (Å²) in [6.07, 6.45) is 0.618. The molecule has 0 unspecified atom stereocenters. The molecule has 146 valence electrons. The summed E-state index contributed by atoms with van der Waals surface area (Å²) in [5, 5.41) is 19.5. The van der Waals surface area contributed by atoms with E-state index >= 15 is 0 Å². The van der Waals surface area contributed by atoms with E-state index in [1.165, 1.54) is 12.1 Å². The molecule has 3 atom stereocenters. The van der Waals surface area contributed by atoms with E-state index in [9.17, 15) is 14.3 Å². The molecule has 3 N–H and O–H groups in total. The van der Waals surface area contributed by atoms with Gasteiger partial charge >= 0.3 is 6.03 Å². The molecule has 0 bridgehead atoms. The zero-order chi connectivity index (χ0) is 19.2. The maximum atomic E-state index is 13.0. The van der Waals surface area contributed by atoms with Crippen LogP contribution in [0.2, 0.25) is 0 Å². The molecule has 2 amide bonds. The highest BCUT2D eigenvalue weighted by Gasteiger charge is 2.30. The third-order valence-electron chi connectivity index (χ3n) is 4.51. The standard InChI is InChI=1S/C19H24FN3O4/c1-2-21-19(25)22-11-18-16(24)8-7-15(26-18)9-14-10-17(27-23-14)12-3-5-13(20)6-4-12/h3-6,10,15-16,18,24H,2,7-9,11H2,1H3,(H2,21,22,25)/t15-,16-,18+/m0/s1. The van der Waals surface area contributed by atoms with Gasteiger partial charge in [-0.25, -0.2) is 9.18 Å². The minimum atomic E-state index is -0.615. The molecule has 27 heavy (non-hydrogen) atoms. The number of hydrogen-bond acceptors (Lipinski definition) is 5. The van der Waals surface area contributed by atoms with Crippen LogP contribution in [0.4, 0.5) is 9.18 Å². The Morgan fingerprint density at radius 1 is 1.30 bits per heavy atom. The van der Waals surface area contributed by atoms with Gasteiger partial charge in [0.25, 0.3) is 0 Å². The van der Waals surface area contributed by atoms with Crippen LogP contribution in [0, 0.1) is 5.82 Å². The first-order valence-corrected chi connectivity index (χ1v) is 9.12. The Kier molecular flexibility index (Phi) is 6.41. The number of carbonyl (C=O) groups is 1. The van der Waals surface area contributed by atoms with Crippen molar-refractivity contribution in [2.45, 2.75) is 44.5 Å². The van der Waals surface area contributed by atoms with Crippen LogP contribution in [0.25, 0.3) is 11.3 Å². The molecule has 1 aromatic carbocycles. The van der Waals surface area contributed by atoms with Gasteiger partial charge in [0.2, 0.25) is 0 Å². The van der Waals surface area contributed by atoms with Crippen molar-refractivity contribution >= 4 is 6.03 Å². The van der Waals surface area contributed by atoms with Crippen LogP contribution in [-0.4, -0.2) is 47.7 Å². The van der Waals surface area contributed by atoms with Crippen molar-refractivity contribution in [3.63, 3.8) is 0 Å². The number of benzene rings is 1. The Balaban J connectivity index is 1.56. The molecule has 0 aliphatic carbocycles. The number of aliphatic hydroxyl groups is 1. The predicted molar refractivity (Wildman–Crippen MR) is 96.6 cm³/mol. The Morgan fingerprint density at radius 2 is 2.07 bits per heavy atom. The minimum Gasteiger partial charge on any atom is -0.390 e. The molecule has 2 heterocycles. The molecule has 1 aromatic heterocycles. The summed E-state index contributed by atoms with van der Waals surface area (Å²) in [5.74, 6) is 0.259. The summed E-state index contributed by atoms with van der Waals surface area (Å²) >= 11 is 0. The Labute approximate surface area is 156 Å². The summed E-state index contributed by atoms with van der Waals surface area (Å²) in [6, 6.07) is 7.54. The topological polar surface area (TPSA) is 96.6 Å². The van der Waals surface area contributed by atoms with Gasteiger partial charge in [0.1, 0.15) is 11.9 Å². The van der Waals surface area contributed by atoms with Gasteiger partial charge in [-0.1, -0.05) is 5.16 Å². The van der Waals surface area contributed by atoms with Crippen LogP contribution in [0.1, 0.15) is 25.5 Å². The van der Waals surface area contributed by atoms with Crippen molar-refractivity contribution in [3.05, 3.63) is 41.8 Å². The molecular weight excluding hydrogens is 353 g/mol. The van der Waals surface area contributed by atoms with Crippen molar-refractivity contribution in [2.24, 2.45) is 0 Å². The lowest BCUT2D eigenvalue weighted by Crippen LogP contribution is -2.48. The number of ether oxygens (including phenoxy) is 1. The van der Waals surface area contributed by atoms with Crippen LogP contribution >= 0.6 is 0 Å². The summed E-state index contributed by atoms with van der Waals surface area (Å²) < 4.78 is 24.3. The van der Waals surface area contributed by atoms with Crippen LogP contribution in [-0.2, 0) is 11.2 Å². The third-order valence-corrected chi connectivity index (χ3v) is 4.51. The second-order valence-electron chi connectivity index (χ2n) is 6.58. The van der Waals surface area contributed by atoms with E-state index in [-0.39, 0.29) is 24.5 Å². The minimum absolute atomic E-state index is 0.124. The van der Waals surface area contributed by atoms with Gasteiger partial charge in [-0.15, -0.1) is 0 Å². The Bertz CT molecular complexity index is 750. The zero-order valence-corrected chi connectivity index (χ0v) is 15.2. The van der Waals surface area contributed by atoms with E-state index in [1.807, 2.05) is 13.0 Å². The molecule has 1 saturated heterocycles. The molecule has 0 saturated carbocycles. The number of urea groups is 1. The molecule has 8 heteroatoms. The number of nitrogens with one attached hydrogen (secondary N) is 2. The van der Waals surface area contributed by atoms with Crippen LogP contribution in [0.3, 0.4) is 0 Å². The molecule has 0 radical (unpaired) electrons. The number of hydrogen-bond donors (Lipinski definition) is 3. The quantitative estimate of drug-likeness (QED) is 0.718. The number of aliphatic hydroxyl groups excluding tert-OH is 1. The fourth-order valence-corrected chi connectivity index (χ4v) is 3.09. The molecule has 7 nitrogen and oxygen atoms in total. The monoisotopic (exact) mass is 377 g/mol. The number of carbonyl (C=O) groups excluding carboxylic acids is 1. The number of aromatic nitrogens is 1. The van der Waals surface area contributed by atoms with Crippen LogP contribution in [0.15, 0.2) is 34.9 Å². The smallest absolute Gasteiger partial charge is 0.314 e. The largest absolute Gasteiger partial charge is 0.390 e. The van der Waals surface area contributed by atoms with E-state index in [0.29, 0.717) is 31.6 Å². The number of amides is 2. The van der Waals surface area contributed by atoms with Gasteiger partial charge in [0, 0.05) is 31.1 Å². The lowest BCUT2D eigenvalue weighted by Gasteiger charge is -2.33. The molecule has 2 aromatic rings. The van der Waals surface area contributed by atoms with Crippen molar-refractivity contribution < 1.29 is 23.6 Å². The Morgan fingerprint density at radius 3 is 2.81 bits per heavy atom. The summed E-state index contributed by atoms with van der Waals surface area (Å²) in [6.45, 7) is 2.61. The highest BCUT2D eigenvalue weighted by molar-refractivity contribution is 5.73. The summed E-state index contributed by atoms with van der Waals surface area (Å²) in [4.78, 5) is 11.5. The SMILES string of the molecule is CCNC(=O)NC[C@H]1O[C@H](Cc2cc(-c3ccc(F)cc3)on2)CC[C@@H]1O. The lowest BCUT2D eigenvalue weighted by molar-refractivity contribution is -0.113. The zero-order valence-electron chi connectivity index (χ0n) is 15.2. The van der Waals surface area contributed by atoms with Gasteiger partial charge in [-0.2, -0.15) is 0 Å². The first-order valence-electron chi connectivity index (χ1n) is 9.12. The first kappa shape index (κ1) is 19.3. The van der Waals surface area contributed by atoms with Crippen molar-refractivity contribution in [2.75, 3.05) is 13.1 Å². The van der Waals surface area contributed by atoms with Crippen molar-refractivity contribution in [1.29, 1.82) is 0 Å². The molecule has 3 rings (SSSR count). The van der Waals surface area contributed by atoms with Gasteiger partial charge < -0.3 is 25.0 Å². The highest BCUT2D eigenvalue weighted by Crippen LogP contribution is 2.25. The second kappa shape index (κ2) is 8.96. The van der Waals surface area contributed by atoms with Gasteiger partial charge in [0.05, 0.1) is 17.9 Å². The Hall–Kier alpha value is -2.45. The normalized spacial score (nSPS) is 22.4. The molecule has 1 fully saturated rings. The predicted octanol–water partition coefficient (Wildman–Crippen LogP) is 2.25. The fraction of sp³-hybridized carbons (Fsp3) is 0.474. The van der Waals surface area contributed by atoms with E-state index < -0.39 is 12.2 Å². The molecular formula is C19H24FN3O4. The second-order valence-corrected chi connectivity index (χ2v) is 6.58. The maximum Gasteiger partial charge on any atom is 0.314 e. The molecule has 1 aliphatic rings. The third kappa shape index (κ3) is 5.27. The molecule has 0 spiro atoms. The van der Waals surface area contributed by atoms with E-state index in [4.69, 9.17) is 9.26 Å².